The second kappa shape index (κ2) is 7.31. The van der Waals surface area contributed by atoms with E-state index in [-0.39, 0.29) is 11.9 Å². The Morgan fingerprint density at radius 2 is 1.93 bits per heavy atom. The van der Waals surface area contributed by atoms with Crippen LogP contribution < -0.4 is 5.32 Å². The molecule has 1 amide bonds. The number of para-hydroxylation sites is 2. The van der Waals surface area contributed by atoms with Gasteiger partial charge in [0.15, 0.2) is 5.16 Å². The van der Waals surface area contributed by atoms with Gasteiger partial charge in [-0.1, -0.05) is 36.0 Å². The van der Waals surface area contributed by atoms with Crippen molar-refractivity contribution in [2.45, 2.75) is 38.9 Å². The molecule has 6 nitrogen and oxygen atoms in total. The normalized spacial score (nSPS) is 12.6. The Labute approximate surface area is 167 Å². The fraction of sp³-hybridized carbons (Fsp3) is 0.286. The molecule has 0 unspecified atom stereocenters. The van der Waals surface area contributed by atoms with Crippen LogP contribution in [0.3, 0.4) is 0 Å². The highest BCUT2D eigenvalue weighted by atomic mass is 32.2. The standard InChI is InChI=1S/C21H23N5OS/c1-12-9-14(3)16(10-13(12)2)15(4)22-19(27)11-28-21-25-24-20-23-17-7-5-6-8-18(17)26(20)21/h5-10,15H,11H2,1-4H3,(H,22,27)(H,23,24)/t15-/m0/s1. The largest absolute Gasteiger partial charge is 0.349 e. The highest BCUT2D eigenvalue weighted by Gasteiger charge is 2.16. The minimum atomic E-state index is -0.0410. The topological polar surface area (TPSA) is 75.1 Å². The number of benzene rings is 2. The molecule has 28 heavy (non-hydrogen) atoms. The molecular formula is C21H23N5OS. The molecule has 7 heteroatoms. The maximum absolute atomic E-state index is 12.5. The third-order valence-electron chi connectivity index (χ3n) is 5.06. The predicted molar refractivity (Wildman–Crippen MR) is 113 cm³/mol. The SMILES string of the molecule is Cc1cc(C)c([C@H](C)NC(=O)CSc2n[nH]c3nc4ccccc4n23)cc1C. The monoisotopic (exact) mass is 393 g/mol. The summed E-state index contributed by atoms with van der Waals surface area (Å²) in [4.78, 5) is 17.0. The number of fused-ring (bicyclic) bond motifs is 3. The van der Waals surface area contributed by atoms with Crippen LogP contribution in [0.5, 0.6) is 0 Å². The van der Waals surface area contributed by atoms with Crippen LogP contribution in [0, 0.1) is 20.8 Å². The lowest BCUT2D eigenvalue weighted by Gasteiger charge is -2.18. The van der Waals surface area contributed by atoms with E-state index in [4.69, 9.17) is 0 Å². The van der Waals surface area contributed by atoms with Crippen molar-refractivity contribution in [3.63, 3.8) is 0 Å². The molecule has 144 valence electrons. The van der Waals surface area contributed by atoms with Crippen LogP contribution in [0.4, 0.5) is 0 Å². The summed E-state index contributed by atoms with van der Waals surface area (Å²) in [6.45, 7) is 8.32. The van der Waals surface area contributed by atoms with Crippen LogP contribution in [-0.4, -0.2) is 31.2 Å². The molecule has 0 aliphatic heterocycles. The molecule has 0 radical (unpaired) electrons. The zero-order valence-corrected chi connectivity index (χ0v) is 17.2. The fourth-order valence-electron chi connectivity index (χ4n) is 3.48. The molecule has 0 bridgehead atoms. The summed E-state index contributed by atoms with van der Waals surface area (Å²) >= 11 is 1.40. The summed E-state index contributed by atoms with van der Waals surface area (Å²) in [5.74, 6) is 0.958. The number of nitrogens with zero attached hydrogens (tertiary/aromatic N) is 3. The van der Waals surface area contributed by atoms with Crippen molar-refractivity contribution in [3.05, 3.63) is 58.7 Å². The Hall–Kier alpha value is -2.80. The maximum atomic E-state index is 12.5. The lowest BCUT2D eigenvalue weighted by molar-refractivity contribution is -0.119. The first-order valence-corrected chi connectivity index (χ1v) is 10.2. The number of carbonyl (C=O) groups is 1. The predicted octanol–water partition coefficient (Wildman–Crippen LogP) is 4.11. The van der Waals surface area contributed by atoms with Gasteiger partial charge in [-0.3, -0.25) is 9.20 Å². The summed E-state index contributed by atoms with van der Waals surface area (Å²) in [6, 6.07) is 12.2. The van der Waals surface area contributed by atoms with Crippen LogP contribution in [0.15, 0.2) is 41.6 Å². The first-order chi connectivity index (χ1) is 13.4. The van der Waals surface area contributed by atoms with Gasteiger partial charge in [0.05, 0.1) is 22.8 Å². The van der Waals surface area contributed by atoms with Crippen molar-refractivity contribution in [2.24, 2.45) is 0 Å². The third kappa shape index (κ3) is 3.38. The number of hydrogen-bond donors (Lipinski definition) is 2. The van der Waals surface area contributed by atoms with Gasteiger partial charge in [0.25, 0.3) is 0 Å². The number of amides is 1. The van der Waals surface area contributed by atoms with Gasteiger partial charge in [-0.2, -0.15) is 0 Å². The summed E-state index contributed by atoms with van der Waals surface area (Å²) in [7, 11) is 0. The molecule has 0 saturated heterocycles. The first-order valence-electron chi connectivity index (χ1n) is 9.25. The fourth-order valence-corrected chi connectivity index (χ4v) is 4.25. The van der Waals surface area contributed by atoms with E-state index >= 15 is 0 Å². The number of aromatic amines is 1. The number of imidazole rings is 1. The number of hydrogen-bond acceptors (Lipinski definition) is 4. The Morgan fingerprint density at radius 3 is 2.75 bits per heavy atom. The molecular weight excluding hydrogens is 370 g/mol. The van der Waals surface area contributed by atoms with Crippen LogP contribution in [0.1, 0.15) is 35.2 Å². The van der Waals surface area contributed by atoms with Crippen molar-refractivity contribution >= 4 is 34.5 Å². The molecule has 2 heterocycles. The molecule has 0 aliphatic rings. The molecule has 0 fully saturated rings. The van der Waals surface area contributed by atoms with Gasteiger partial charge in [-0.05, 0) is 62.1 Å². The van der Waals surface area contributed by atoms with Gasteiger partial charge in [-0.15, -0.1) is 5.10 Å². The Kier molecular flexibility index (Phi) is 4.85. The minimum Gasteiger partial charge on any atom is -0.349 e. The van der Waals surface area contributed by atoms with Gasteiger partial charge < -0.3 is 5.32 Å². The number of rotatable bonds is 5. The number of thioether (sulfide) groups is 1. The number of H-pyrrole nitrogens is 1. The first kappa shape index (κ1) is 18.6. The molecule has 2 aromatic carbocycles. The average molecular weight is 394 g/mol. The molecule has 0 saturated carbocycles. The second-order valence-electron chi connectivity index (χ2n) is 7.14. The quantitative estimate of drug-likeness (QED) is 0.501. The Bertz CT molecular complexity index is 1180. The number of aryl methyl sites for hydroxylation is 3. The lowest BCUT2D eigenvalue weighted by atomic mass is 9.96. The molecule has 4 rings (SSSR count). The van der Waals surface area contributed by atoms with Crippen molar-refractivity contribution < 1.29 is 4.79 Å². The van der Waals surface area contributed by atoms with Crippen LogP contribution in [0.2, 0.25) is 0 Å². The van der Waals surface area contributed by atoms with Crippen LogP contribution in [0.25, 0.3) is 16.8 Å². The van der Waals surface area contributed by atoms with E-state index in [1.54, 1.807) is 0 Å². The Balaban J connectivity index is 1.46. The van der Waals surface area contributed by atoms with Gasteiger partial charge in [0.1, 0.15) is 0 Å². The van der Waals surface area contributed by atoms with Crippen molar-refractivity contribution in [1.82, 2.24) is 24.9 Å². The number of nitrogens with one attached hydrogen (secondary N) is 2. The van der Waals surface area contributed by atoms with Gasteiger partial charge in [0.2, 0.25) is 11.7 Å². The summed E-state index contributed by atoms with van der Waals surface area (Å²) in [6.07, 6.45) is 0. The number of aromatic nitrogens is 4. The zero-order chi connectivity index (χ0) is 19.8. The van der Waals surface area contributed by atoms with Crippen molar-refractivity contribution in [3.8, 4) is 0 Å². The lowest BCUT2D eigenvalue weighted by Crippen LogP contribution is -2.28. The van der Waals surface area contributed by atoms with Crippen LogP contribution >= 0.6 is 11.8 Å². The Morgan fingerprint density at radius 1 is 1.18 bits per heavy atom. The second-order valence-corrected chi connectivity index (χ2v) is 8.08. The van der Waals surface area contributed by atoms with E-state index in [9.17, 15) is 4.79 Å². The van der Waals surface area contributed by atoms with E-state index in [1.165, 1.54) is 28.5 Å². The van der Waals surface area contributed by atoms with Gasteiger partial charge in [0, 0.05) is 0 Å². The van der Waals surface area contributed by atoms with Crippen molar-refractivity contribution in [2.75, 3.05) is 5.75 Å². The van der Waals surface area contributed by atoms with E-state index in [0.717, 1.165) is 21.8 Å². The molecule has 0 aliphatic carbocycles. The molecule has 0 spiro atoms. The summed E-state index contributed by atoms with van der Waals surface area (Å²) < 4.78 is 1.95. The minimum absolute atomic E-state index is 0.0179. The smallest absolute Gasteiger partial charge is 0.231 e. The molecule has 2 N–H and O–H groups in total. The highest BCUT2D eigenvalue weighted by Crippen LogP contribution is 2.24. The third-order valence-corrected chi connectivity index (χ3v) is 6.00. The summed E-state index contributed by atoms with van der Waals surface area (Å²) in [5.41, 5.74) is 6.74. The highest BCUT2D eigenvalue weighted by molar-refractivity contribution is 7.99. The molecule has 4 aromatic rings. The van der Waals surface area contributed by atoms with Crippen LogP contribution in [-0.2, 0) is 4.79 Å². The van der Waals surface area contributed by atoms with Gasteiger partial charge >= 0.3 is 0 Å². The number of carbonyl (C=O) groups excluding carboxylic acids is 1. The van der Waals surface area contributed by atoms with Gasteiger partial charge in [-0.25, -0.2) is 10.1 Å². The molecule has 1 atom stereocenters. The van der Waals surface area contributed by atoms with Crippen molar-refractivity contribution in [1.29, 1.82) is 0 Å². The average Bonchev–Trinajstić information content (AvgIpc) is 3.22. The molecule has 2 aromatic heterocycles. The maximum Gasteiger partial charge on any atom is 0.231 e. The van der Waals surface area contributed by atoms with E-state index in [2.05, 4.69) is 53.4 Å². The summed E-state index contributed by atoms with van der Waals surface area (Å²) in [5, 5.41) is 11.1. The van der Waals surface area contributed by atoms with E-state index in [0.29, 0.717) is 11.5 Å². The van der Waals surface area contributed by atoms with E-state index in [1.807, 2.05) is 35.6 Å². The van der Waals surface area contributed by atoms with E-state index < -0.39 is 0 Å². The zero-order valence-electron chi connectivity index (χ0n) is 16.4.